The first kappa shape index (κ1) is 16.9. The smallest absolute Gasteiger partial charge is 0.262 e. The molecule has 3 aromatic rings. The zero-order valence-electron chi connectivity index (χ0n) is 14.4. The number of hydrogen-bond acceptors (Lipinski definition) is 7. The quantitative estimate of drug-likeness (QED) is 0.656. The van der Waals surface area contributed by atoms with Crippen LogP contribution in [-0.4, -0.2) is 50.5 Å². The average molecular weight is 374 g/mol. The lowest BCUT2D eigenvalue weighted by molar-refractivity contribution is 0.186. The summed E-state index contributed by atoms with van der Waals surface area (Å²) >= 11 is 0. The van der Waals surface area contributed by atoms with Gasteiger partial charge in [0, 0.05) is 50.7 Å². The Morgan fingerprint density at radius 1 is 1.31 bits per heavy atom. The predicted molar refractivity (Wildman–Crippen MR) is 91.4 cm³/mol. The molecule has 0 radical (unpaired) electrons. The van der Waals surface area contributed by atoms with Crippen molar-refractivity contribution < 1.29 is 12.9 Å². The van der Waals surface area contributed by atoms with Crippen molar-refractivity contribution in [2.24, 2.45) is 13.0 Å². The Bertz CT molecular complexity index is 1000. The molecule has 9 nitrogen and oxygen atoms in total. The summed E-state index contributed by atoms with van der Waals surface area (Å²) in [6, 6.07) is 3.66. The largest absolute Gasteiger partial charge is 0.339 e. The van der Waals surface area contributed by atoms with Crippen molar-refractivity contribution in [2.75, 3.05) is 13.1 Å². The van der Waals surface area contributed by atoms with Crippen LogP contribution in [0.2, 0.25) is 0 Å². The van der Waals surface area contributed by atoms with Gasteiger partial charge < -0.3 is 9.09 Å². The van der Waals surface area contributed by atoms with E-state index < -0.39 is 10.0 Å². The molecule has 0 spiro atoms. The summed E-state index contributed by atoms with van der Waals surface area (Å²) < 4.78 is 33.5. The molecule has 1 fully saturated rings. The zero-order valence-corrected chi connectivity index (χ0v) is 15.2. The summed E-state index contributed by atoms with van der Waals surface area (Å²) in [5.74, 6) is 1.80. The molecule has 10 heteroatoms. The highest BCUT2D eigenvalue weighted by Crippen LogP contribution is 2.27. The topological polar surface area (TPSA) is 107 Å². The van der Waals surface area contributed by atoms with Crippen LogP contribution in [-0.2, 0) is 23.5 Å². The monoisotopic (exact) mass is 374 g/mol. The van der Waals surface area contributed by atoms with Crippen LogP contribution in [0.1, 0.15) is 11.7 Å². The molecular weight excluding hydrogens is 356 g/mol. The minimum Gasteiger partial charge on any atom is -0.339 e. The van der Waals surface area contributed by atoms with Gasteiger partial charge in [-0.2, -0.15) is 9.29 Å². The van der Waals surface area contributed by atoms with Crippen molar-refractivity contribution >= 4 is 10.0 Å². The molecule has 0 bridgehead atoms. The van der Waals surface area contributed by atoms with Gasteiger partial charge in [0.25, 0.3) is 10.0 Å². The molecule has 0 N–H and O–H groups in total. The summed E-state index contributed by atoms with van der Waals surface area (Å²) in [5, 5.41) is 4.05. The van der Waals surface area contributed by atoms with Crippen LogP contribution in [0.25, 0.3) is 11.4 Å². The van der Waals surface area contributed by atoms with E-state index in [1.807, 2.05) is 6.07 Å². The molecule has 1 saturated heterocycles. The second kappa shape index (κ2) is 6.29. The second-order valence-electron chi connectivity index (χ2n) is 6.38. The van der Waals surface area contributed by atoms with Gasteiger partial charge in [0.2, 0.25) is 11.7 Å². The summed E-state index contributed by atoms with van der Waals surface area (Å²) in [6.07, 6.45) is 5.43. The van der Waals surface area contributed by atoms with Crippen molar-refractivity contribution in [3.8, 4) is 11.4 Å². The Kier molecular flexibility index (Phi) is 4.08. The molecule has 0 saturated carbocycles. The fourth-order valence-corrected chi connectivity index (χ4v) is 4.45. The van der Waals surface area contributed by atoms with E-state index in [-0.39, 0.29) is 10.9 Å². The number of rotatable bonds is 5. The maximum atomic E-state index is 12.6. The third-order valence-corrected chi connectivity index (χ3v) is 6.17. The number of pyridine rings is 1. The second-order valence-corrected chi connectivity index (χ2v) is 8.27. The minimum absolute atomic E-state index is 0.0904. The van der Waals surface area contributed by atoms with E-state index in [9.17, 15) is 8.42 Å². The van der Waals surface area contributed by atoms with Gasteiger partial charge in [0.15, 0.2) is 5.03 Å². The Balaban J connectivity index is 1.39. The summed E-state index contributed by atoms with van der Waals surface area (Å²) in [7, 11) is -1.77. The van der Waals surface area contributed by atoms with E-state index in [0.717, 1.165) is 5.56 Å². The van der Waals surface area contributed by atoms with E-state index in [0.29, 0.717) is 37.0 Å². The van der Waals surface area contributed by atoms with Crippen LogP contribution < -0.4 is 0 Å². The number of hydrogen-bond donors (Lipinski definition) is 0. The Morgan fingerprint density at radius 2 is 2.12 bits per heavy atom. The lowest BCUT2D eigenvalue weighted by atomic mass is 9.99. The van der Waals surface area contributed by atoms with E-state index >= 15 is 0 Å². The first-order chi connectivity index (χ1) is 12.4. The highest BCUT2D eigenvalue weighted by molar-refractivity contribution is 7.89. The van der Waals surface area contributed by atoms with E-state index in [1.54, 1.807) is 37.0 Å². The molecule has 0 atom stereocenters. The van der Waals surface area contributed by atoms with Crippen molar-refractivity contribution in [3.63, 3.8) is 0 Å². The van der Waals surface area contributed by atoms with Crippen LogP contribution in [0, 0.1) is 12.8 Å². The SMILES string of the molecule is Cc1nc(S(=O)(=O)N2CC(Cc3nc(-c4cccnc4)no3)C2)cn1C. The number of aromatic nitrogens is 5. The molecule has 0 amide bonds. The number of nitrogens with zero attached hydrogens (tertiary/aromatic N) is 6. The molecule has 1 aliphatic heterocycles. The predicted octanol–water partition coefficient (Wildman–Crippen LogP) is 1.04. The minimum atomic E-state index is -3.54. The van der Waals surface area contributed by atoms with Crippen molar-refractivity contribution in [2.45, 2.75) is 18.4 Å². The molecule has 26 heavy (non-hydrogen) atoms. The molecule has 3 aromatic heterocycles. The summed E-state index contributed by atoms with van der Waals surface area (Å²) in [6.45, 7) is 2.61. The molecule has 1 aliphatic rings. The van der Waals surface area contributed by atoms with Gasteiger partial charge in [-0.1, -0.05) is 5.16 Å². The Morgan fingerprint density at radius 3 is 2.77 bits per heavy atom. The van der Waals surface area contributed by atoms with Crippen LogP contribution in [0.3, 0.4) is 0 Å². The van der Waals surface area contributed by atoms with Gasteiger partial charge in [-0.3, -0.25) is 4.98 Å². The number of imidazole rings is 1. The maximum Gasteiger partial charge on any atom is 0.262 e. The lowest BCUT2D eigenvalue weighted by Gasteiger charge is -2.36. The Hall–Kier alpha value is -2.59. The molecule has 4 heterocycles. The first-order valence-corrected chi connectivity index (χ1v) is 9.60. The molecule has 0 unspecified atom stereocenters. The van der Waals surface area contributed by atoms with Crippen molar-refractivity contribution in [1.29, 1.82) is 0 Å². The van der Waals surface area contributed by atoms with Crippen molar-refractivity contribution in [1.82, 2.24) is 29.0 Å². The zero-order chi connectivity index (χ0) is 18.3. The maximum absolute atomic E-state index is 12.6. The highest BCUT2D eigenvalue weighted by atomic mass is 32.2. The average Bonchev–Trinajstić information content (AvgIpc) is 3.19. The highest BCUT2D eigenvalue weighted by Gasteiger charge is 2.38. The summed E-state index contributed by atoms with van der Waals surface area (Å²) in [4.78, 5) is 12.5. The molecule has 4 rings (SSSR count). The van der Waals surface area contributed by atoms with E-state index in [1.165, 1.54) is 10.5 Å². The molecule has 0 aliphatic carbocycles. The lowest BCUT2D eigenvalue weighted by Crippen LogP contribution is -2.50. The molecular formula is C16H18N6O3S. The van der Waals surface area contributed by atoms with Crippen LogP contribution in [0.5, 0.6) is 0 Å². The first-order valence-electron chi connectivity index (χ1n) is 8.16. The van der Waals surface area contributed by atoms with Gasteiger partial charge in [-0.05, 0) is 25.0 Å². The van der Waals surface area contributed by atoms with Crippen molar-refractivity contribution in [3.05, 3.63) is 42.4 Å². The summed E-state index contributed by atoms with van der Waals surface area (Å²) in [5.41, 5.74) is 0.783. The fraction of sp³-hybridized carbons (Fsp3) is 0.375. The van der Waals surface area contributed by atoms with Gasteiger partial charge in [-0.15, -0.1) is 0 Å². The number of sulfonamides is 1. The van der Waals surface area contributed by atoms with Crippen LogP contribution in [0.4, 0.5) is 0 Å². The van der Waals surface area contributed by atoms with Crippen LogP contribution >= 0.6 is 0 Å². The fourth-order valence-electron chi connectivity index (χ4n) is 2.83. The van der Waals surface area contributed by atoms with Crippen LogP contribution in [0.15, 0.2) is 40.3 Å². The third kappa shape index (κ3) is 3.01. The Labute approximate surface area is 150 Å². The molecule has 136 valence electrons. The standard InChI is InChI=1S/C16H18N6O3S/c1-11-18-15(10-21(11)2)26(23,24)22-8-12(9-22)6-14-19-16(20-25-14)13-4-3-5-17-7-13/h3-5,7,10,12H,6,8-9H2,1-2H3. The van der Waals surface area contributed by atoms with Gasteiger partial charge >= 0.3 is 0 Å². The van der Waals surface area contributed by atoms with E-state index in [4.69, 9.17) is 4.52 Å². The third-order valence-electron chi connectivity index (χ3n) is 4.47. The normalized spacial score (nSPS) is 15.9. The molecule has 0 aromatic carbocycles. The number of aryl methyl sites for hydroxylation is 2. The van der Waals surface area contributed by atoms with Gasteiger partial charge in [-0.25, -0.2) is 13.4 Å². The van der Waals surface area contributed by atoms with Gasteiger partial charge in [0.1, 0.15) is 5.82 Å². The van der Waals surface area contributed by atoms with Gasteiger partial charge in [0.05, 0.1) is 0 Å². The van der Waals surface area contributed by atoms with E-state index in [2.05, 4.69) is 20.1 Å².